The van der Waals surface area contributed by atoms with Crippen LogP contribution in [0.4, 0.5) is 0 Å². The van der Waals surface area contributed by atoms with Gasteiger partial charge in [0.25, 0.3) is 0 Å². The van der Waals surface area contributed by atoms with Crippen molar-refractivity contribution in [3.05, 3.63) is 0 Å². The van der Waals surface area contributed by atoms with Gasteiger partial charge in [-0.1, -0.05) is 13.8 Å². The number of amides is 3. The molecule has 7 N–H and O–H groups in total. The van der Waals surface area contributed by atoms with E-state index in [1.165, 1.54) is 6.92 Å². The Hall–Kier alpha value is -1.85. The second kappa shape index (κ2) is 10.9. The highest BCUT2D eigenvalue weighted by Gasteiger charge is 2.32. The summed E-state index contributed by atoms with van der Waals surface area (Å²) in [4.78, 5) is 46.9. The molecule has 0 bridgehead atoms. The van der Waals surface area contributed by atoms with Crippen LogP contribution in [-0.4, -0.2) is 70.4 Å². The number of aliphatic hydroxyl groups is 1. The first kappa shape index (κ1) is 23.1. The fraction of sp³-hybridized carbons (Fsp3) is 0.714. The van der Waals surface area contributed by atoms with Gasteiger partial charge in [-0.3, -0.25) is 14.4 Å². The molecule has 11 heteroatoms. The molecule has 10 nitrogen and oxygen atoms in total. The van der Waals surface area contributed by atoms with Crippen LogP contribution in [0, 0.1) is 5.92 Å². The molecule has 0 radical (unpaired) electrons. The molecule has 0 saturated carbocycles. The van der Waals surface area contributed by atoms with Gasteiger partial charge < -0.3 is 31.9 Å². The van der Waals surface area contributed by atoms with Crippen molar-refractivity contribution in [3.8, 4) is 0 Å². The average molecular weight is 378 g/mol. The molecule has 144 valence electrons. The molecule has 0 aromatic heterocycles. The standard InChI is InChI=1S/C14H26N4O6S/c1-6(2)10(14(23)24)17-13(22)11(7(3)19)18-12(21)8(5-25)16-9(20)4-15/h6-8,10-11,19,25H,4-5,15H2,1-3H3,(H,16,20)(H,17,22)(H,18,21)(H,23,24). The molecular weight excluding hydrogens is 352 g/mol. The van der Waals surface area contributed by atoms with E-state index < -0.39 is 53.8 Å². The number of thiol groups is 1. The lowest BCUT2D eigenvalue weighted by Crippen LogP contribution is -2.60. The molecule has 4 atom stereocenters. The van der Waals surface area contributed by atoms with E-state index in [1.54, 1.807) is 13.8 Å². The number of carbonyl (C=O) groups excluding carboxylic acids is 3. The summed E-state index contributed by atoms with van der Waals surface area (Å²) in [6, 6.07) is -3.64. The van der Waals surface area contributed by atoms with Crippen LogP contribution in [0.5, 0.6) is 0 Å². The molecule has 0 aliphatic carbocycles. The SMILES string of the molecule is CC(C)C(NC(=O)C(NC(=O)C(CS)NC(=O)CN)C(C)O)C(=O)O. The topological polar surface area (TPSA) is 171 Å². The number of carbonyl (C=O) groups is 4. The number of carboxylic acids is 1. The highest BCUT2D eigenvalue weighted by atomic mass is 32.1. The third-order valence-electron chi connectivity index (χ3n) is 3.31. The third kappa shape index (κ3) is 7.71. The van der Waals surface area contributed by atoms with E-state index in [1.807, 2.05) is 0 Å². The summed E-state index contributed by atoms with van der Waals surface area (Å²) < 4.78 is 0. The number of nitrogens with two attached hydrogens (primary N) is 1. The van der Waals surface area contributed by atoms with Crippen LogP contribution in [-0.2, 0) is 19.2 Å². The van der Waals surface area contributed by atoms with Gasteiger partial charge in [0, 0.05) is 5.75 Å². The summed E-state index contributed by atoms with van der Waals surface area (Å²) in [5, 5.41) is 25.7. The Balaban J connectivity index is 5.10. The highest BCUT2D eigenvalue weighted by Crippen LogP contribution is 2.04. The van der Waals surface area contributed by atoms with Gasteiger partial charge in [0.2, 0.25) is 17.7 Å². The first-order chi connectivity index (χ1) is 11.5. The molecule has 3 amide bonds. The number of aliphatic hydroxyl groups excluding tert-OH is 1. The average Bonchev–Trinajstić information content (AvgIpc) is 2.53. The molecule has 0 rings (SSSR count). The fourth-order valence-electron chi connectivity index (χ4n) is 1.86. The quantitative estimate of drug-likeness (QED) is 0.205. The zero-order valence-electron chi connectivity index (χ0n) is 14.4. The summed E-state index contributed by atoms with van der Waals surface area (Å²) in [6.45, 7) is 4.15. The van der Waals surface area contributed by atoms with Crippen molar-refractivity contribution in [2.24, 2.45) is 11.7 Å². The highest BCUT2D eigenvalue weighted by molar-refractivity contribution is 7.80. The zero-order valence-corrected chi connectivity index (χ0v) is 15.2. The van der Waals surface area contributed by atoms with Crippen molar-refractivity contribution in [3.63, 3.8) is 0 Å². The zero-order chi connectivity index (χ0) is 19.7. The van der Waals surface area contributed by atoms with E-state index in [-0.39, 0.29) is 12.3 Å². The van der Waals surface area contributed by atoms with Gasteiger partial charge >= 0.3 is 5.97 Å². The normalized spacial score (nSPS) is 15.6. The minimum Gasteiger partial charge on any atom is -0.480 e. The Morgan fingerprint density at radius 2 is 1.52 bits per heavy atom. The number of carboxylic acid groups (broad SMARTS) is 1. The lowest BCUT2D eigenvalue weighted by molar-refractivity contribution is -0.144. The van der Waals surface area contributed by atoms with Gasteiger partial charge in [0.05, 0.1) is 12.6 Å². The Bertz CT molecular complexity index is 500. The minimum absolute atomic E-state index is 0.0601. The first-order valence-electron chi connectivity index (χ1n) is 7.67. The number of hydrogen-bond acceptors (Lipinski definition) is 7. The molecule has 0 aliphatic heterocycles. The number of hydrogen-bond donors (Lipinski definition) is 7. The maximum Gasteiger partial charge on any atom is 0.326 e. The van der Waals surface area contributed by atoms with E-state index in [0.29, 0.717) is 0 Å². The first-order valence-corrected chi connectivity index (χ1v) is 8.30. The third-order valence-corrected chi connectivity index (χ3v) is 3.68. The second-order valence-electron chi connectivity index (χ2n) is 5.80. The van der Waals surface area contributed by atoms with E-state index in [2.05, 4.69) is 28.6 Å². The molecule has 0 fully saturated rings. The molecule has 0 heterocycles. The molecule has 0 spiro atoms. The Kier molecular flexibility index (Phi) is 10.1. The Morgan fingerprint density at radius 3 is 1.88 bits per heavy atom. The molecule has 0 saturated heterocycles. The van der Waals surface area contributed by atoms with Crippen LogP contribution < -0.4 is 21.7 Å². The van der Waals surface area contributed by atoms with Crippen molar-refractivity contribution < 1.29 is 29.4 Å². The number of rotatable bonds is 10. The molecule has 0 aromatic rings. The van der Waals surface area contributed by atoms with Crippen LogP contribution >= 0.6 is 12.6 Å². The van der Waals surface area contributed by atoms with E-state index in [4.69, 9.17) is 10.8 Å². The largest absolute Gasteiger partial charge is 0.480 e. The molecule has 4 unspecified atom stereocenters. The van der Waals surface area contributed by atoms with Gasteiger partial charge in [-0.25, -0.2) is 4.79 Å². The van der Waals surface area contributed by atoms with Crippen LogP contribution in [0.3, 0.4) is 0 Å². The molecule has 25 heavy (non-hydrogen) atoms. The van der Waals surface area contributed by atoms with Crippen molar-refractivity contribution in [2.45, 2.75) is 45.0 Å². The smallest absolute Gasteiger partial charge is 0.326 e. The van der Waals surface area contributed by atoms with Crippen molar-refractivity contribution in [1.82, 2.24) is 16.0 Å². The Labute approximate surface area is 151 Å². The van der Waals surface area contributed by atoms with E-state index in [0.717, 1.165) is 0 Å². The Morgan fingerprint density at radius 1 is 1.00 bits per heavy atom. The summed E-state index contributed by atoms with van der Waals surface area (Å²) >= 11 is 3.95. The predicted octanol–water partition coefficient (Wildman–Crippen LogP) is -2.55. The fourth-order valence-corrected chi connectivity index (χ4v) is 2.12. The molecule has 0 aromatic carbocycles. The summed E-state index contributed by atoms with van der Waals surface area (Å²) in [7, 11) is 0. The van der Waals surface area contributed by atoms with Gasteiger partial charge in [-0.05, 0) is 12.8 Å². The van der Waals surface area contributed by atoms with E-state index >= 15 is 0 Å². The van der Waals surface area contributed by atoms with Crippen LogP contribution in [0.25, 0.3) is 0 Å². The van der Waals surface area contributed by atoms with Crippen molar-refractivity contribution in [2.75, 3.05) is 12.3 Å². The summed E-state index contributed by atoms with van der Waals surface area (Å²) in [5.41, 5.74) is 5.16. The minimum atomic E-state index is -1.40. The second-order valence-corrected chi connectivity index (χ2v) is 6.17. The van der Waals surface area contributed by atoms with Gasteiger partial charge in [-0.15, -0.1) is 0 Å². The van der Waals surface area contributed by atoms with Crippen LogP contribution in [0.2, 0.25) is 0 Å². The van der Waals surface area contributed by atoms with Gasteiger partial charge in [0.15, 0.2) is 0 Å². The number of aliphatic carboxylic acids is 1. The maximum atomic E-state index is 12.3. The molecule has 0 aliphatic rings. The lowest BCUT2D eigenvalue weighted by Gasteiger charge is -2.26. The number of nitrogens with one attached hydrogen (secondary N) is 3. The molecular formula is C14H26N4O6S. The summed E-state index contributed by atoms with van der Waals surface area (Å²) in [6.07, 6.45) is -1.30. The summed E-state index contributed by atoms with van der Waals surface area (Å²) in [5.74, 6) is -3.89. The van der Waals surface area contributed by atoms with Crippen molar-refractivity contribution >= 4 is 36.3 Å². The predicted molar refractivity (Wildman–Crippen MR) is 92.9 cm³/mol. The maximum absolute atomic E-state index is 12.3. The monoisotopic (exact) mass is 378 g/mol. The van der Waals surface area contributed by atoms with Crippen LogP contribution in [0.1, 0.15) is 20.8 Å². The van der Waals surface area contributed by atoms with Crippen LogP contribution in [0.15, 0.2) is 0 Å². The van der Waals surface area contributed by atoms with Gasteiger partial charge in [-0.2, -0.15) is 12.6 Å². The lowest BCUT2D eigenvalue weighted by atomic mass is 10.0. The van der Waals surface area contributed by atoms with E-state index in [9.17, 15) is 24.3 Å². The van der Waals surface area contributed by atoms with Crippen molar-refractivity contribution in [1.29, 1.82) is 0 Å². The van der Waals surface area contributed by atoms with Gasteiger partial charge in [0.1, 0.15) is 18.1 Å².